The number of aliphatic hydroxyl groups excluding tert-OH is 2. The van der Waals surface area contributed by atoms with Crippen LogP contribution in [0, 0.1) is 5.82 Å². The lowest BCUT2D eigenvalue weighted by molar-refractivity contribution is 0.0879. The summed E-state index contributed by atoms with van der Waals surface area (Å²) in [4.78, 5) is 11.5. The Hall–Kier alpha value is -1.17. The highest BCUT2D eigenvalue weighted by atomic mass is 35.5. The van der Waals surface area contributed by atoms with Gasteiger partial charge in [0.2, 0.25) is 0 Å². The van der Waals surface area contributed by atoms with E-state index in [2.05, 4.69) is 5.32 Å². The SMILES string of the molecule is O=C(NC(CO)CO)c1ccc(Cl)c(F)c1. The molecule has 0 spiro atoms. The van der Waals surface area contributed by atoms with Crippen LogP contribution in [0.3, 0.4) is 0 Å². The number of hydrogen-bond acceptors (Lipinski definition) is 3. The molecule has 16 heavy (non-hydrogen) atoms. The first-order valence-electron chi connectivity index (χ1n) is 4.56. The van der Waals surface area contributed by atoms with Crippen molar-refractivity contribution in [2.45, 2.75) is 6.04 Å². The van der Waals surface area contributed by atoms with Crippen LogP contribution in [0.1, 0.15) is 10.4 Å². The number of nitrogens with one attached hydrogen (secondary N) is 1. The minimum absolute atomic E-state index is 0.0718. The van der Waals surface area contributed by atoms with Crippen molar-refractivity contribution < 1.29 is 19.4 Å². The Kier molecular flexibility index (Phi) is 4.67. The zero-order chi connectivity index (χ0) is 12.1. The third-order valence-electron chi connectivity index (χ3n) is 1.96. The normalized spacial score (nSPS) is 10.6. The molecule has 0 saturated heterocycles. The van der Waals surface area contributed by atoms with Crippen LogP contribution in [-0.4, -0.2) is 35.4 Å². The van der Waals surface area contributed by atoms with Gasteiger partial charge in [-0.2, -0.15) is 0 Å². The number of halogens is 2. The fourth-order valence-corrected chi connectivity index (χ4v) is 1.17. The average Bonchev–Trinajstić information content (AvgIpc) is 2.29. The Morgan fingerprint density at radius 2 is 2.06 bits per heavy atom. The van der Waals surface area contributed by atoms with Gasteiger partial charge in [-0.05, 0) is 18.2 Å². The second-order valence-electron chi connectivity index (χ2n) is 3.16. The third-order valence-corrected chi connectivity index (χ3v) is 2.26. The molecule has 0 aliphatic heterocycles. The quantitative estimate of drug-likeness (QED) is 0.728. The number of carbonyl (C=O) groups excluding carboxylic acids is 1. The van der Waals surface area contributed by atoms with Crippen LogP contribution in [0.5, 0.6) is 0 Å². The molecular weight excluding hydrogens is 237 g/mol. The van der Waals surface area contributed by atoms with E-state index in [-0.39, 0.29) is 10.6 Å². The Bertz CT molecular complexity index is 382. The molecule has 4 nitrogen and oxygen atoms in total. The topological polar surface area (TPSA) is 69.6 Å². The summed E-state index contributed by atoms with van der Waals surface area (Å²) in [5.74, 6) is -1.28. The Balaban J connectivity index is 2.76. The molecule has 0 radical (unpaired) electrons. The molecule has 0 heterocycles. The van der Waals surface area contributed by atoms with Crippen LogP contribution in [-0.2, 0) is 0 Å². The van der Waals surface area contributed by atoms with Gasteiger partial charge < -0.3 is 15.5 Å². The molecule has 88 valence electrons. The number of amides is 1. The molecule has 0 saturated carbocycles. The van der Waals surface area contributed by atoms with Crippen molar-refractivity contribution in [2.24, 2.45) is 0 Å². The highest BCUT2D eigenvalue weighted by Gasteiger charge is 2.13. The Morgan fingerprint density at radius 1 is 1.44 bits per heavy atom. The monoisotopic (exact) mass is 247 g/mol. The van der Waals surface area contributed by atoms with Crippen LogP contribution in [0.25, 0.3) is 0 Å². The molecule has 6 heteroatoms. The molecule has 1 aromatic rings. The lowest BCUT2D eigenvalue weighted by atomic mass is 10.2. The fraction of sp³-hybridized carbons (Fsp3) is 0.300. The maximum Gasteiger partial charge on any atom is 0.251 e. The highest BCUT2D eigenvalue weighted by molar-refractivity contribution is 6.30. The van der Waals surface area contributed by atoms with E-state index in [0.717, 1.165) is 6.07 Å². The van der Waals surface area contributed by atoms with Gasteiger partial charge in [0.25, 0.3) is 5.91 Å². The molecule has 1 aromatic carbocycles. The first-order valence-corrected chi connectivity index (χ1v) is 4.94. The standard InChI is InChI=1S/C10H11ClFNO3/c11-8-2-1-6(3-9(8)12)10(16)13-7(4-14)5-15/h1-3,7,14-15H,4-5H2,(H,13,16). The maximum absolute atomic E-state index is 13.0. The summed E-state index contributed by atoms with van der Waals surface area (Å²) in [5, 5.41) is 19.8. The summed E-state index contributed by atoms with van der Waals surface area (Å²) >= 11 is 5.46. The minimum Gasteiger partial charge on any atom is -0.394 e. The van der Waals surface area contributed by atoms with Crippen molar-refractivity contribution in [3.05, 3.63) is 34.6 Å². The van der Waals surface area contributed by atoms with Crippen LogP contribution < -0.4 is 5.32 Å². The smallest absolute Gasteiger partial charge is 0.251 e. The molecule has 0 bridgehead atoms. The molecule has 0 unspecified atom stereocenters. The summed E-state index contributed by atoms with van der Waals surface area (Å²) in [6.07, 6.45) is 0. The van der Waals surface area contributed by atoms with Crippen molar-refractivity contribution in [2.75, 3.05) is 13.2 Å². The number of rotatable bonds is 4. The molecular formula is C10H11ClFNO3. The predicted octanol–water partition coefficient (Wildman–Crippen LogP) is 0.562. The van der Waals surface area contributed by atoms with Gasteiger partial charge in [-0.25, -0.2) is 4.39 Å². The molecule has 1 amide bonds. The number of benzene rings is 1. The van der Waals surface area contributed by atoms with E-state index in [4.69, 9.17) is 21.8 Å². The summed E-state index contributed by atoms with van der Waals surface area (Å²) < 4.78 is 13.0. The molecule has 0 aliphatic rings. The summed E-state index contributed by atoms with van der Waals surface area (Å²) in [7, 11) is 0. The number of aliphatic hydroxyl groups is 2. The van der Waals surface area contributed by atoms with Gasteiger partial charge in [0, 0.05) is 5.56 Å². The lowest BCUT2D eigenvalue weighted by Crippen LogP contribution is -2.40. The summed E-state index contributed by atoms with van der Waals surface area (Å²) in [6, 6.07) is 2.85. The summed E-state index contributed by atoms with van der Waals surface area (Å²) in [5.41, 5.74) is 0.0776. The molecule has 0 atom stereocenters. The second kappa shape index (κ2) is 5.79. The van der Waals surface area contributed by atoms with Crippen molar-refractivity contribution in [1.29, 1.82) is 0 Å². The van der Waals surface area contributed by atoms with E-state index in [9.17, 15) is 9.18 Å². The van der Waals surface area contributed by atoms with Gasteiger partial charge in [0.1, 0.15) is 5.82 Å². The maximum atomic E-state index is 13.0. The van der Waals surface area contributed by atoms with E-state index in [1.54, 1.807) is 0 Å². The van der Waals surface area contributed by atoms with Crippen molar-refractivity contribution in [3.63, 3.8) is 0 Å². The second-order valence-corrected chi connectivity index (χ2v) is 3.57. The van der Waals surface area contributed by atoms with Crippen molar-refractivity contribution in [3.8, 4) is 0 Å². The predicted molar refractivity (Wildman–Crippen MR) is 56.8 cm³/mol. The zero-order valence-corrected chi connectivity index (χ0v) is 9.04. The van der Waals surface area contributed by atoms with Gasteiger partial charge in [-0.15, -0.1) is 0 Å². The van der Waals surface area contributed by atoms with Gasteiger partial charge in [-0.3, -0.25) is 4.79 Å². The van der Waals surface area contributed by atoms with Crippen LogP contribution >= 0.6 is 11.6 Å². The molecule has 1 rings (SSSR count). The third kappa shape index (κ3) is 3.16. The zero-order valence-electron chi connectivity index (χ0n) is 8.28. The fourth-order valence-electron chi connectivity index (χ4n) is 1.06. The van der Waals surface area contributed by atoms with E-state index in [1.165, 1.54) is 12.1 Å². The van der Waals surface area contributed by atoms with Crippen LogP contribution in [0.4, 0.5) is 4.39 Å². The van der Waals surface area contributed by atoms with E-state index in [1.807, 2.05) is 0 Å². The van der Waals surface area contributed by atoms with E-state index < -0.39 is 31.0 Å². The van der Waals surface area contributed by atoms with Crippen molar-refractivity contribution >= 4 is 17.5 Å². The number of carbonyl (C=O) groups is 1. The first kappa shape index (κ1) is 12.9. The molecule has 0 aliphatic carbocycles. The average molecular weight is 248 g/mol. The molecule has 0 aromatic heterocycles. The van der Waals surface area contributed by atoms with Crippen LogP contribution in [0.15, 0.2) is 18.2 Å². The lowest BCUT2D eigenvalue weighted by Gasteiger charge is -2.13. The van der Waals surface area contributed by atoms with E-state index >= 15 is 0 Å². The largest absolute Gasteiger partial charge is 0.394 e. The summed E-state index contributed by atoms with van der Waals surface area (Å²) in [6.45, 7) is -0.781. The van der Waals surface area contributed by atoms with Gasteiger partial charge in [0.15, 0.2) is 0 Å². The van der Waals surface area contributed by atoms with Gasteiger partial charge in [0.05, 0.1) is 24.3 Å². The number of hydrogen-bond donors (Lipinski definition) is 3. The van der Waals surface area contributed by atoms with Gasteiger partial charge >= 0.3 is 0 Å². The highest BCUT2D eigenvalue weighted by Crippen LogP contribution is 2.15. The van der Waals surface area contributed by atoms with Crippen molar-refractivity contribution in [1.82, 2.24) is 5.32 Å². The minimum atomic E-state index is -0.758. The van der Waals surface area contributed by atoms with E-state index in [0.29, 0.717) is 0 Å². The Labute approximate surface area is 96.7 Å². The molecule has 0 fully saturated rings. The van der Waals surface area contributed by atoms with Gasteiger partial charge in [-0.1, -0.05) is 11.6 Å². The first-order chi connectivity index (χ1) is 7.58. The molecule has 3 N–H and O–H groups in total. The van der Waals surface area contributed by atoms with Crippen LogP contribution in [0.2, 0.25) is 5.02 Å². The Morgan fingerprint density at radius 3 is 2.56 bits per heavy atom.